The lowest BCUT2D eigenvalue weighted by Gasteiger charge is -2.73. The van der Waals surface area contributed by atoms with Crippen molar-refractivity contribution < 1.29 is 29.3 Å². The number of nitrogens with zero attached hydrogens (tertiary/aromatic N) is 1. The van der Waals surface area contributed by atoms with E-state index in [0.29, 0.717) is 36.0 Å². The third-order valence-corrected chi connectivity index (χ3v) is 17.0. The normalized spacial score (nSPS) is 44.3. The summed E-state index contributed by atoms with van der Waals surface area (Å²) in [6, 6.07) is -0.0146. The average molecular weight is 682 g/mol. The third kappa shape index (κ3) is 5.55. The van der Waals surface area contributed by atoms with E-state index in [1.54, 1.807) is 13.8 Å². The number of carbonyl (C=O) groups excluding carboxylic acids is 2. The number of allylic oxidation sites excluding steroid dienone is 1. The first-order valence-corrected chi connectivity index (χ1v) is 19.8. The molecule has 1 heterocycles. The van der Waals surface area contributed by atoms with Gasteiger partial charge in [0.25, 0.3) is 0 Å². The Hall–Kier alpha value is -1.89. The highest BCUT2D eigenvalue weighted by Gasteiger charge is 2.71. The predicted molar refractivity (Wildman–Crippen MR) is 191 cm³/mol. The molecule has 2 unspecified atom stereocenters. The molecule has 2 N–H and O–H groups in total. The van der Waals surface area contributed by atoms with Crippen molar-refractivity contribution in [2.24, 2.45) is 62.1 Å². The van der Waals surface area contributed by atoms with Crippen LogP contribution in [0.15, 0.2) is 12.2 Å². The first-order valence-electron chi connectivity index (χ1n) is 19.8. The second-order valence-electron chi connectivity index (χ2n) is 20.0. The van der Waals surface area contributed by atoms with Gasteiger partial charge in [-0.05, 0) is 149 Å². The third-order valence-electron chi connectivity index (χ3n) is 17.0. The fourth-order valence-electron chi connectivity index (χ4n) is 14.2. The molecule has 1 amide bonds. The summed E-state index contributed by atoms with van der Waals surface area (Å²) in [4.78, 5) is 40.8. The molecule has 6 rings (SSSR count). The highest BCUT2D eigenvalue weighted by Crippen LogP contribution is 2.78. The Kier molecular flexibility index (Phi) is 9.31. The van der Waals surface area contributed by atoms with Gasteiger partial charge >= 0.3 is 11.9 Å². The van der Waals surface area contributed by atoms with Crippen LogP contribution in [0.1, 0.15) is 145 Å². The number of rotatable bonds is 8. The average Bonchev–Trinajstić information content (AvgIpc) is 3.64. The Morgan fingerprint density at radius 2 is 1.59 bits per heavy atom. The van der Waals surface area contributed by atoms with E-state index in [1.807, 2.05) is 4.90 Å². The number of esters is 1. The summed E-state index contributed by atoms with van der Waals surface area (Å²) in [5, 5.41) is 19.6. The first-order chi connectivity index (χ1) is 22.8. The zero-order valence-electron chi connectivity index (χ0n) is 32.0. The minimum Gasteiger partial charge on any atom is -0.481 e. The minimum absolute atomic E-state index is 0.0146. The summed E-state index contributed by atoms with van der Waals surface area (Å²) in [7, 11) is 0. The van der Waals surface area contributed by atoms with Crippen LogP contribution in [0.25, 0.3) is 0 Å². The lowest BCUT2D eigenvalue weighted by Crippen LogP contribution is -2.67. The van der Waals surface area contributed by atoms with E-state index < -0.39 is 17.4 Å². The number of hydrogen-bond donors (Lipinski definition) is 2. The number of amides is 1. The quantitative estimate of drug-likeness (QED) is 0.197. The zero-order valence-corrected chi connectivity index (χ0v) is 32.0. The van der Waals surface area contributed by atoms with Gasteiger partial charge in [0, 0.05) is 18.4 Å². The van der Waals surface area contributed by atoms with Crippen molar-refractivity contribution in [1.82, 2.24) is 4.90 Å². The molecule has 0 aromatic heterocycles. The van der Waals surface area contributed by atoms with Crippen molar-refractivity contribution in [2.45, 2.75) is 157 Å². The minimum atomic E-state index is -1.14. The molecule has 7 nitrogen and oxygen atoms in total. The number of carboxylic acid groups (broad SMARTS) is 1. The van der Waals surface area contributed by atoms with Gasteiger partial charge in [-0.2, -0.15) is 0 Å². The summed E-state index contributed by atoms with van der Waals surface area (Å²) in [6.45, 7) is 23.2. The fourth-order valence-corrected chi connectivity index (χ4v) is 14.2. The summed E-state index contributed by atoms with van der Waals surface area (Å²) >= 11 is 0. The highest BCUT2D eigenvalue weighted by atomic mass is 16.5. The monoisotopic (exact) mass is 681 g/mol. The summed E-state index contributed by atoms with van der Waals surface area (Å²) in [5.41, 5.74) is 0.470. The largest absolute Gasteiger partial charge is 0.481 e. The number of fused-ring (bicyclic) bond motifs is 7. The van der Waals surface area contributed by atoms with Crippen molar-refractivity contribution in [1.29, 1.82) is 0 Å². The number of likely N-dealkylation sites (tertiary alicyclic amines) is 1. The van der Waals surface area contributed by atoms with Crippen LogP contribution in [0.3, 0.4) is 0 Å². The van der Waals surface area contributed by atoms with Gasteiger partial charge in [-0.15, -0.1) is 0 Å². The van der Waals surface area contributed by atoms with E-state index >= 15 is 0 Å². The van der Waals surface area contributed by atoms with Crippen LogP contribution < -0.4 is 0 Å². The Balaban J connectivity index is 1.25. The Bertz CT molecular complexity index is 1350. The van der Waals surface area contributed by atoms with Crippen LogP contribution in [-0.2, 0) is 19.1 Å². The summed E-state index contributed by atoms with van der Waals surface area (Å²) < 4.78 is 6.17. The second kappa shape index (κ2) is 12.4. The van der Waals surface area contributed by atoms with Gasteiger partial charge in [0.15, 0.2) is 0 Å². The van der Waals surface area contributed by atoms with E-state index in [2.05, 4.69) is 48.1 Å². The molecular weight excluding hydrogens is 614 g/mol. The number of aliphatic carboxylic acids is 1. The lowest BCUT2D eigenvalue weighted by atomic mass is 9.32. The standard InChI is InChI=1S/C42H67NO6/c1-26(2)28-14-19-42(23-33(45)43-22-10-11-27(43)25-44)21-20-40(8)29(35(28)42)12-13-31-39(7)17-16-32(49-34(46)24-37(3,4)36(47)48)38(5,6)30(39)15-18-41(31,40)9/h27-32,35,44H,1,10-25H2,2-9H3,(H,47,48)/t27-,28+,29-,30?,31?,32+,35-,39+,40-,41-,42-/m1/s1. The van der Waals surface area contributed by atoms with E-state index in [9.17, 15) is 24.6 Å². The van der Waals surface area contributed by atoms with E-state index in [1.165, 1.54) is 31.3 Å². The van der Waals surface area contributed by atoms with Crippen LogP contribution >= 0.6 is 0 Å². The Morgan fingerprint density at radius 3 is 2.24 bits per heavy atom. The zero-order chi connectivity index (χ0) is 35.9. The van der Waals surface area contributed by atoms with Crippen LogP contribution in [0.5, 0.6) is 0 Å². The van der Waals surface area contributed by atoms with Gasteiger partial charge in [0.2, 0.25) is 5.91 Å². The van der Waals surface area contributed by atoms with Crippen molar-refractivity contribution >= 4 is 17.8 Å². The molecule has 49 heavy (non-hydrogen) atoms. The molecule has 7 heteroatoms. The van der Waals surface area contributed by atoms with Gasteiger partial charge in [-0.1, -0.05) is 46.8 Å². The van der Waals surface area contributed by atoms with E-state index in [4.69, 9.17) is 4.74 Å². The number of carbonyl (C=O) groups is 3. The van der Waals surface area contributed by atoms with Gasteiger partial charge in [0.05, 0.1) is 24.5 Å². The lowest BCUT2D eigenvalue weighted by molar-refractivity contribution is -0.250. The molecule has 0 spiro atoms. The molecule has 0 radical (unpaired) electrons. The predicted octanol–water partition coefficient (Wildman–Crippen LogP) is 8.43. The fraction of sp³-hybridized carbons (Fsp3) is 0.881. The van der Waals surface area contributed by atoms with Crippen LogP contribution in [0.2, 0.25) is 0 Å². The Labute approximate surface area is 296 Å². The topological polar surface area (TPSA) is 104 Å². The van der Waals surface area contributed by atoms with Crippen molar-refractivity contribution in [3.8, 4) is 0 Å². The molecule has 6 fully saturated rings. The molecule has 0 aromatic carbocycles. The molecule has 5 aliphatic carbocycles. The molecule has 1 aliphatic heterocycles. The molecule has 0 aromatic rings. The highest BCUT2D eigenvalue weighted by molar-refractivity contribution is 5.81. The van der Waals surface area contributed by atoms with Crippen molar-refractivity contribution in [3.05, 3.63) is 12.2 Å². The molecule has 1 saturated heterocycles. The van der Waals surface area contributed by atoms with Crippen molar-refractivity contribution in [3.63, 3.8) is 0 Å². The number of aliphatic hydroxyl groups excluding tert-OH is 1. The molecule has 11 atom stereocenters. The van der Waals surface area contributed by atoms with Crippen LogP contribution in [0.4, 0.5) is 0 Å². The second-order valence-corrected chi connectivity index (χ2v) is 20.0. The maximum atomic E-state index is 14.0. The van der Waals surface area contributed by atoms with Crippen molar-refractivity contribution in [2.75, 3.05) is 13.2 Å². The molecule has 276 valence electrons. The number of aliphatic hydroxyl groups is 1. The smallest absolute Gasteiger partial charge is 0.309 e. The maximum Gasteiger partial charge on any atom is 0.309 e. The van der Waals surface area contributed by atoms with Gasteiger partial charge in [0.1, 0.15) is 6.10 Å². The van der Waals surface area contributed by atoms with Gasteiger partial charge in [-0.3, -0.25) is 14.4 Å². The molecular formula is C42H67NO6. The molecule has 0 bridgehead atoms. The molecule has 5 saturated carbocycles. The Morgan fingerprint density at radius 1 is 0.878 bits per heavy atom. The molecule has 6 aliphatic rings. The SMILES string of the molecule is C=C(C)[C@@H]1CC[C@]2(CC(=O)N3CCC[C@@H]3CO)CC[C@]3(C)[C@H](CCC4[C@@]5(C)CC[C@H](OC(=O)CC(C)(C)C(=O)O)C(C)(C)C5CC[C@]43C)[C@@H]12. The van der Waals surface area contributed by atoms with Crippen LogP contribution in [-0.4, -0.2) is 58.3 Å². The van der Waals surface area contributed by atoms with Gasteiger partial charge in [-0.25, -0.2) is 0 Å². The van der Waals surface area contributed by atoms with E-state index in [0.717, 1.165) is 57.9 Å². The number of carboxylic acids is 1. The van der Waals surface area contributed by atoms with E-state index in [-0.39, 0.29) is 58.2 Å². The van der Waals surface area contributed by atoms with Gasteiger partial charge < -0.3 is 19.8 Å². The summed E-state index contributed by atoms with van der Waals surface area (Å²) in [5.74, 6) is 1.41. The number of ether oxygens (including phenoxy) is 1. The maximum absolute atomic E-state index is 14.0. The number of hydrogen-bond acceptors (Lipinski definition) is 5. The van der Waals surface area contributed by atoms with Crippen LogP contribution in [0, 0.1) is 62.1 Å². The summed E-state index contributed by atoms with van der Waals surface area (Å²) in [6.07, 6.45) is 13.3. The first kappa shape index (κ1) is 36.9.